The Morgan fingerprint density at radius 3 is 2.42 bits per heavy atom. The van der Waals surface area contributed by atoms with E-state index in [1.807, 2.05) is 6.07 Å². The van der Waals surface area contributed by atoms with E-state index in [1.165, 1.54) is 32.1 Å². The van der Waals surface area contributed by atoms with Crippen LogP contribution in [0.4, 0.5) is 11.4 Å². The van der Waals surface area contributed by atoms with Crippen LogP contribution >= 0.6 is 0 Å². The summed E-state index contributed by atoms with van der Waals surface area (Å²) in [7, 11) is 0. The number of nitrogen functional groups attached to an aromatic ring is 1. The van der Waals surface area contributed by atoms with Gasteiger partial charge >= 0.3 is 5.97 Å². The highest BCUT2D eigenvalue weighted by molar-refractivity contribution is 5.94. The molecule has 1 aliphatic rings. The third-order valence-corrected chi connectivity index (χ3v) is 3.76. The smallest absolute Gasteiger partial charge is 0.337 e. The van der Waals surface area contributed by atoms with E-state index in [9.17, 15) is 4.79 Å². The number of carboxylic acids is 1. The van der Waals surface area contributed by atoms with Crippen molar-refractivity contribution in [2.75, 3.05) is 11.1 Å². The molecule has 0 unspecified atom stereocenters. The molecule has 0 spiro atoms. The molecule has 1 saturated carbocycles. The average Bonchev–Trinajstić information content (AvgIpc) is 2.34. The second-order valence-electron chi connectivity index (χ2n) is 5.29. The number of hydrogen-bond donors (Lipinski definition) is 3. The summed E-state index contributed by atoms with van der Waals surface area (Å²) < 4.78 is 0. The van der Waals surface area contributed by atoms with Crippen LogP contribution in [0.25, 0.3) is 0 Å². The van der Waals surface area contributed by atoms with Gasteiger partial charge in [0, 0.05) is 17.4 Å². The Morgan fingerprint density at radius 2 is 1.79 bits per heavy atom. The third kappa shape index (κ3) is 3.88. The van der Waals surface area contributed by atoms with E-state index in [0.717, 1.165) is 18.5 Å². The van der Waals surface area contributed by atoms with Gasteiger partial charge < -0.3 is 16.2 Å². The summed E-state index contributed by atoms with van der Waals surface area (Å²) in [5.74, 6) is -0.973. The number of hydrogen-bond acceptors (Lipinski definition) is 3. The van der Waals surface area contributed by atoms with Crippen molar-refractivity contribution in [2.24, 2.45) is 0 Å². The molecular weight excluding hydrogens is 240 g/mol. The highest BCUT2D eigenvalue weighted by Crippen LogP contribution is 2.23. The van der Waals surface area contributed by atoms with E-state index < -0.39 is 5.97 Å². The van der Waals surface area contributed by atoms with Gasteiger partial charge in [0.1, 0.15) is 0 Å². The molecule has 0 amide bonds. The predicted molar refractivity (Wildman–Crippen MR) is 77.5 cm³/mol. The van der Waals surface area contributed by atoms with Gasteiger partial charge in [0.25, 0.3) is 0 Å². The minimum Gasteiger partial charge on any atom is -0.478 e. The number of nitrogens with one attached hydrogen (secondary N) is 1. The van der Waals surface area contributed by atoms with Gasteiger partial charge in [-0.05, 0) is 31.0 Å². The van der Waals surface area contributed by atoms with E-state index in [-0.39, 0.29) is 5.56 Å². The topological polar surface area (TPSA) is 75.3 Å². The van der Waals surface area contributed by atoms with Crippen LogP contribution in [-0.2, 0) is 0 Å². The maximum absolute atomic E-state index is 11.1. The summed E-state index contributed by atoms with van der Waals surface area (Å²) in [6, 6.07) is 5.61. The zero-order chi connectivity index (χ0) is 13.7. The minimum absolute atomic E-state index is 0.177. The molecule has 1 aliphatic carbocycles. The van der Waals surface area contributed by atoms with Gasteiger partial charge in [0.2, 0.25) is 0 Å². The largest absolute Gasteiger partial charge is 0.478 e. The molecule has 0 atom stereocenters. The summed E-state index contributed by atoms with van der Waals surface area (Å²) in [4.78, 5) is 11.1. The van der Waals surface area contributed by atoms with Crippen molar-refractivity contribution in [1.82, 2.24) is 0 Å². The van der Waals surface area contributed by atoms with Crippen molar-refractivity contribution in [3.05, 3.63) is 23.8 Å². The van der Waals surface area contributed by atoms with Crippen molar-refractivity contribution in [3.8, 4) is 0 Å². The number of anilines is 2. The molecule has 0 aromatic heterocycles. The lowest BCUT2D eigenvalue weighted by Crippen LogP contribution is -2.20. The second kappa shape index (κ2) is 6.45. The predicted octanol–water partition coefficient (Wildman–Crippen LogP) is 3.49. The summed E-state index contributed by atoms with van der Waals surface area (Å²) in [5, 5.41) is 12.5. The van der Waals surface area contributed by atoms with Crippen molar-refractivity contribution < 1.29 is 9.90 Å². The van der Waals surface area contributed by atoms with Gasteiger partial charge in [-0.1, -0.05) is 32.1 Å². The standard InChI is InChI=1S/C15H22N2O2/c16-14-9-8-12(10-13(14)15(18)19)17-11-6-4-2-1-3-5-7-11/h8-11,17H,1-7,16H2,(H,18,19). The number of benzene rings is 1. The molecule has 4 heteroatoms. The first kappa shape index (κ1) is 13.7. The monoisotopic (exact) mass is 262 g/mol. The average molecular weight is 262 g/mol. The van der Waals surface area contributed by atoms with Crippen LogP contribution in [0.3, 0.4) is 0 Å². The molecule has 0 radical (unpaired) electrons. The Balaban J connectivity index is 2.05. The van der Waals surface area contributed by atoms with Gasteiger partial charge in [0.05, 0.1) is 5.56 Å². The second-order valence-corrected chi connectivity index (χ2v) is 5.29. The first-order valence-corrected chi connectivity index (χ1v) is 7.06. The summed E-state index contributed by atoms with van der Waals surface area (Å²) in [6.07, 6.45) is 8.77. The van der Waals surface area contributed by atoms with Crippen LogP contribution in [0.5, 0.6) is 0 Å². The summed E-state index contributed by atoms with van der Waals surface area (Å²) >= 11 is 0. The van der Waals surface area contributed by atoms with Gasteiger partial charge in [-0.3, -0.25) is 0 Å². The van der Waals surface area contributed by atoms with E-state index in [4.69, 9.17) is 10.8 Å². The van der Waals surface area contributed by atoms with Crippen molar-refractivity contribution >= 4 is 17.3 Å². The van der Waals surface area contributed by atoms with E-state index >= 15 is 0 Å². The Bertz CT molecular complexity index is 438. The first-order valence-electron chi connectivity index (χ1n) is 7.06. The molecule has 0 aliphatic heterocycles. The van der Waals surface area contributed by atoms with Gasteiger partial charge in [0.15, 0.2) is 0 Å². The fourth-order valence-electron chi connectivity index (χ4n) is 2.67. The lowest BCUT2D eigenvalue weighted by molar-refractivity contribution is 0.0698. The number of carboxylic acid groups (broad SMARTS) is 1. The maximum Gasteiger partial charge on any atom is 0.337 e. The van der Waals surface area contributed by atoms with Crippen LogP contribution in [-0.4, -0.2) is 17.1 Å². The SMILES string of the molecule is Nc1ccc(NC2CCCCCCC2)cc1C(=O)O. The fourth-order valence-corrected chi connectivity index (χ4v) is 2.67. The third-order valence-electron chi connectivity index (χ3n) is 3.76. The molecule has 0 bridgehead atoms. The van der Waals surface area contributed by atoms with E-state index in [1.54, 1.807) is 12.1 Å². The zero-order valence-electron chi connectivity index (χ0n) is 11.2. The fraction of sp³-hybridized carbons (Fsp3) is 0.533. The molecule has 1 aromatic rings. The molecular formula is C15H22N2O2. The van der Waals surface area contributed by atoms with Gasteiger partial charge in [-0.15, -0.1) is 0 Å². The number of carbonyl (C=O) groups is 1. The van der Waals surface area contributed by atoms with Crippen LogP contribution in [0.15, 0.2) is 18.2 Å². The minimum atomic E-state index is -0.973. The lowest BCUT2D eigenvalue weighted by Gasteiger charge is -2.22. The number of rotatable bonds is 3. The molecule has 4 N–H and O–H groups in total. The molecule has 19 heavy (non-hydrogen) atoms. The summed E-state index contributed by atoms with van der Waals surface area (Å²) in [5.41, 5.74) is 7.01. The maximum atomic E-state index is 11.1. The normalized spacial score (nSPS) is 17.5. The highest BCUT2D eigenvalue weighted by atomic mass is 16.4. The molecule has 2 rings (SSSR count). The van der Waals surface area contributed by atoms with Gasteiger partial charge in [-0.25, -0.2) is 4.79 Å². The highest BCUT2D eigenvalue weighted by Gasteiger charge is 2.13. The Morgan fingerprint density at radius 1 is 1.16 bits per heavy atom. The van der Waals surface area contributed by atoms with Crippen LogP contribution in [0.1, 0.15) is 55.3 Å². The Hall–Kier alpha value is -1.71. The number of aromatic carboxylic acids is 1. The van der Waals surface area contributed by atoms with Gasteiger partial charge in [-0.2, -0.15) is 0 Å². The van der Waals surface area contributed by atoms with E-state index in [0.29, 0.717) is 11.7 Å². The molecule has 0 heterocycles. The molecule has 104 valence electrons. The van der Waals surface area contributed by atoms with Crippen molar-refractivity contribution in [1.29, 1.82) is 0 Å². The lowest BCUT2D eigenvalue weighted by atomic mass is 9.96. The zero-order valence-corrected chi connectivity index (χ0v) is 11.2. The molecule has 1 aromatic carbocycles. The Labute approximate surface area is 114 Å². The summed E-state index contributed by atoms with van der Waals surface area (Å²) in [6.45, 7) is 0. The molecule has 4 nitrogen and oxygen atoms in total. The molecule has 1 fully saturated rings. The van der Waals surface area contributed by atoms with Crippen LogP contribution in [0, 0.1) is 0 Å². The Kier molecular flexibility index (Phi) is 4.66. The number of nitrogens with two attached hydrogens (primary N) is 1. The van der Waals surface area contributed by atoms with Crippen LogP contribution < -0.4 is 11.1 Å². The van der Waals surface area contributed by atoms with Crippen molar-refractivity contribution in [3.63, 3.8) is 0 Å². The van der Waals surface area contributed by atoms with Crippen LogP contribution in [0.2, 0.25) is 0 Å². The van der Waals surface area contributed by atoms with E-state index in [2.05, 4.69) is 5.32 Å². The molecule has 0 saturated heterocycles. The first-order chi connectivity index (χ1) is 9.16. The quantitative estimate of drug-likeness (QED) is 0.729. The van der Waals surface area contributed by atoms with Crippen molar-refractivity contribution in [2.45, 2.75) is 51.0 Å².